The molecule has 17 heavy (non-hydrogen) atoms. The Morgan fingerprint density at radius 1 is 1.35 bits per heavy atom. The van der Waals surface area contributed by atoms with Gasteiger partial charge in [-0.05, 0) is 58.8 Å². The van der Waals surface area contributed by atoms with Gasteiger partial charge < -0.3 is 10.4 Å². The molecule has 0 radical (unpaired) electrons. The highest BCUT2D eigenvalue weighted by molar-refractivity contribution is 4.78. The smallest absolute Gasteiger partial charge is 0.0591 e. The molecule has 0 unspecified atom stereocenters. The third-order valence-corrected chi connectivity index (χ3v) is 3.88. The minimum atomic E-state index is -0.501. The van der Waals surface area contributed by atoms with Gasteiger partial charge in [0, 0.05) is 12.1 Å². The van der Waals surface area contributed by atoms with Gasteiger partial charge in [-0.1, -0.05) is 19.8 Å². The Bertz CT molecular complexity index is 209. The second kappa shape index (κ2) is 6.75. The van der Waals surface area contributed by atoms with Crippen LogP contribution in [-0.2, 0) is 0 Å². The molecule has 102 valence electrons. The fraction of sp³-hybridized carbons (Fsp3) is 1.00. The van der Waals surface area contributed by atoms with E-state index in [2.05, 4.69) is 19.2 Å². The van der Waals surface area contributed by atoms with Crippen molar-refractivity contribution in [3.05, 3.63) is 0 Å². The number of rotatable bonds is 6. The van der Waals surface area contributed by atoms with Crippen molar-refractivity contribution in [3.63, 3.8) is 0 Å². The normalized spacial score (nSPS) is 28.1. The van der Waals surface area contributed by atoms with E-state index in [9.17, 15) is 5.11 Å². The Morgan fingerprint density at radius 3 is 2.65 bits per heavy atom. The van der Waals surface area contributed by atoms with E-state index in [1.165, 1.54) is 32.1 Å². The molecule has 1 aliphatic carbocycles. The molecule has 0 amide bonds. The highest BCUT2D eigenvalue weighted by Crippen LogP contribution is 2.24. The van der Waals surface area contributed by atoms with E-state index in [0.29, 0.717) is 6.04 Å². The largest absolute Gasteiger partial charge is 0.390 e. The molecule has 0 bridgehead atoms. The zero-order valence-electron chi connectivity index (χ0n) is 12.1. The summed E-state index contributed by atoms with van der Waals surface area (Å²) in [6, 6.07) is 1.32. The summed E-state index contributed by atoms with van der Waals surface area (Å²) in [7, 11) is 0. The Hall–Kier alpha value is -0.0800. The predicted molar refractivity (Wildman–Crippen MR) is 74.2 cm³/mol. The molecule has 1 saturated carbocycles. The first-order valence-corrected chi connectivity index (χ1v) is 7.35. The lowest BCUT2D eigenvalue weighted by molar-refractivity contribution is 0.0673. The number of hydrogen-bond donors (Lipinski definition) is 2. The monoisotopic (exact) mass is 241 g/mol. The first kappa shape index (κ1) is 15.0. The quantitative estimate of drug-likeness (QED) is 0.746. The Kier molecular flexibility index (Phi) is 5.94. The fourth-order valence-corrected chi connectivity index (χ4v) is 2.91. The van der Waals surface area contributed by atoms with Crippen molar-refractivity contribution < 1.29 is 5.11 Å². The van der Waals surface area contributed by atoms with Crippen LogP contribution in [0.15, 0.2) is 0 Å². The van der Waals surface area contributed by atoms with Crippen LogP contribution in [0.5, 0.6) is 0 Å². The Morgan fingerprint density at radius 2 is 2.06 bits per heavy atom. The van der Waals surface area contributed by atoms with Crippen molar-refractivity contribution in [2.45, 2.75) is 90.3 Å². The van der Waals surface area contributed by atoms with E-state index in [1.807, 2.05) is 13.8 Å². The molecular weight excluding hydrogens is 210 g/mol. The van der Waals surface area contributed by atoms with Crippen molar-refractivity contribution in [1.29, 1.82) is 0 Å². The van der Waals surface area contributed by atoms with Crippen LogP contribution in [0.1, 0.15) is 72.6 Å². The maximum atomic E-state index is 9.67. The average Bonchev–Trinajstić information content (AvgIpc) is 2.15. The molecule has 0 aromatic carbocycles. The van der Waals surface area contributed by atoms with Gasteiger partial charge in [-0.2, -0.15) is 0 Å². The van der Waals surface area contributed by atoms with Gasteiger partial charge in [-0.15, -0.1) is 0 Å². The third kappa shape index (κ3) is 7.05. The zero-order chi connectivity index (χ0) is 12.9. The summed E-state index contributed by atoms with van der Waals surface area (Å²) in [5.41, 5.74) is -0.501. The van der Waals surface area contributed by atoms with Gasteiger partial charge in [-0.3, -0.25) is 0 Å². The molecule has 1 aliphatic rings. The summed E-state index contributed by atoms with van der Waals surface area (Å²) in [5.74, 6) is 0.893. The molecule has 2 nitrogen and oxygen atoms in total. The van der Waals surface area contributed by atoms with Crippen LogP contribution in [0.3, 0.4) is 0 Å². The van der Waals surface area contributed by atoms with Crippen LogP contribution in [-0.4, -0.2) is 22.8 Å². The summed E-state index contributed by atoms with van der Waals surface area (Å²) in [6.45, 7) is 8.44. The van der Waals surface area contributed by atoms with E-state index < -0.39 is 5.60 Å². The SMILES string of the molecule is C[C@@H]1CCC[C@@H](N[C@@H](C)CCCC(C)(C)O)C1. The Balaban J connectivity index is 2.13. The first-order valence-electron chi connectivity index (χ1n) is 7.35. The van der Waals surface area contributed by atoms with Crippen LogP contribution in [0.2, 0.25) is 0 Å². The maximum absolute atomic E-state index is 9.67. The van der Waals surface area contributed by atoms with Crippen molar-refractivity contribution >= 4 is 0 Å². The van der Waals surface area contributed by atoms with Crippen molar-refractivity contribution in [2.24, 2.45) is 5.92 Å². The van der Waals surface area contributed by atoms with Gasteiger partial charge in [0.25, 0.3) is 0 Å². The summed E-state index contributed by atoms with van der Waals surface area (Å²) >= 11 is 0. The van der Waals surface area contributed by atoms with E-state index in [0.717, 1.165) is 24.8 Å². The van der Waals surface area contributed by atoms with Crippen molar-refractivity contribution in [3.8, 4) is 0 Å². The second-order valence-corrected chi connectivity index (χ2v) is 6.74. The highest BCUT2D eigenvalue weighted by atomic mass is 16.3. The van der Waals surface area contributed by atoms with Gasteiger partial charge in [0.2, 0.25) is 0 Å². The number of aliphatic hydroxyl groups is 1. The summed E-state index contributed by atoms with van der Waals surface area (Å²) < 4.78 is 0. The van der Waals surface area contributed by atoms with E-state index >= 15 is 0 Å². The van der Waals surface area contributed by atoms with Crippen molar-refractivity contribution in [2.75, 3.05) is 0 Å². The third-order valence-electron chi connectivity index (χ3n) is 3.88. The fourth-order valence-electron chi connectivity index (χ4n) is 2.91. The first-order chi connectivity index (χ1) is 7.87. The molecule has 1 fully saturated rings. The van der Waals surface area contributed by atoms with Gasteiger partial charge in [0.15, 0.2) is 0 Å². The summed E-state index contributed by atoms with van der Waals surface area (Å²) in [6.07, 6.45) is 8.67. The van der Waals surface area contributed by atoms with Crippen LogP contribution >= 0.6 is 0 Å². The lowest BCUT2D eigenvalue weighted by atomic mass is 9.86. The molecule has 0 saturated heterocycles. The minimum Gasteiger partial charge on any atom is -0.390 e. The minimum absolute atomic E-state index is 0.501. The molecule has 1 rings (SSSR count). The second-order valence-electron chi connectivity index (χ2n) is 6.74. The van der Waals surface area contributed by atoms with Gasteiger partial charge >= 0.3 is 0 Å². The molecule has 2 heteroatoms. The zero-order valence-corrected chi connectivity index (χ0v) is 12.1. The predicted octanol–water partition coefficient (Wildman–Crippen LogP) is 3.48. The van der Waals surface area contributed by atoms with Crippen LogP contribution in [0.25, 0.3) is 0 Å². The lowest BCUT2D eigenvalue weighted by Gasteiger charge is -2.30. The van der Waals surface area contributed by atoms with Crippen LogP contribution < -0.4 is 5.32 Å². The molecule has 0 heterocycles. The van der Waals surface area contributed by atoms with Crippen LogP contribution in [0.4, 0.5) is 0 Å². The maximum Gasteiger partial charge on any atom is 0.0591 e. The van der Waals surface area contributed by atoms with E-state index in [4.69, 9.17) is 0 Å². The summed E-state index contributed by atoms with van der Waals surface area (Å²) in [4.78, 5) is 0. The van der Waals surface area contributed by atoms with Gasteiger partial charge in [0.05, 0.1) is 5.60 Å². The molecule has 0 aromatic rings. The molecule has 0 aromatic heterocycles. The highest BCUT2D eigenvalue weighted by Gasteiger charge is 2.20. The van der Waals surface area contributed by atoms with Gasteiger partial charge in [0.1, 0.15) is 0 Å². The summed E-state index contributed by atoms with van der Waals surface area (Å²) in [5, 5.41) is 13.4. The lowest BCUT2D eigenvalue weighted by Crippen LogP contribution is -2.39. The molecule has 0 spiro atoms. The Labute approximate surface area is 107 Å². The molecular formula is C15H31NO. The standard InChI is InChI=1S/C15H31NO/c1-12-7-5-9-14(11-12)16-13(2)8-6-10-15(3,4)17/h12-14,16-17H,5-11H2,1-4H3/t12-,13+,14-/m1/s1. The number of hydrogen-bond acceptors (Lipinski definition) is 2. The molecule has 3 atom stereocenters. The molecule has 0 aliphatic heterocycles. The van der Waals surface area contributed by atoms with Crippen LogP contribution in [0, 0.1) is 5.92 Å². The molecule has 2 N–H and O–H groups in total. The van der Waals surface area contributed by atoms with Gasteiger partial charge in [-0.25, -0.2) is 0 Å². The van der Waals surface area contributed by atoms with E-state index in [1.54, 1.807) is 0 Å². The van der Waals surface area contributed by atoms with E-state index in [-0.39, 0.29) is 0 Å². The topological polar surface area (TPSA) is 32.3 Å². The number of nitrogens with one attached hydrogen (secondary N) is 1. The van der Waals surface area contributed by atoms with Crippen molar-refractivity contribution in [1.82, 2.24) is 5.32 Å². The average molecular weight is 241 g/mol.